The van der Waals surface area contributed by atoms with Gasteiger partial charge in [-0.05, 0) is 32.1 Å². The predicted molar refractivity (Wildman–Crippen MR) is 57.3 cm³/mol. The van der Waals surface area contributed by atoms with E-state index in [1.807, 2.05) is 0 Å². The summed E-state index contributed by atoms with van der Waals surface area (Å²) < 4.78 is 5.64. The minimum Gasteiger partial charge on any atom is -0.370 e. The van der Waals surface area contributed by atoms with Gasteiger partial charge < -0.3 is 4.74 Å². The van der Waals surface area contributed by atoms with Crippen LogP contribution in [0.3, 0.4) is 0 Å². The van der Waals surface area contributed by atoms with Crippen molar-refractivity contribution in [3.63, 3.8) is 0 Å². The van der Waals surface area contributed by atoms with Crippen molar-refractivity contribution in [2.45, 2.75) is 58.5 Å². The topological polar surface area (TPSA) is 26.3 Å². The lowest BCUT2D eigenvalue weighted by Gasteiger charge is -2.28. The Labute approximate surface area is 87.0 Å². The number of ether oxygens (including phenoxy) is 1. The quantitative estimate of drug-likeness (QED) is 0.679. The molecule has 0 amide bonds. The average Bonchev–Trinajstić information content (AvgIpc) is 2.19. The molecule has 82 valence electrons. The lowest BCUT2D eigenvalue weighted by Crippen LogP contribution is -2.32. The summed E-state index contributed by atoms with van der Waals surface area (Å²) in [7, 11) is 0. The molecule has 0 aliphatic heterocycles. The number of Topliss-reactive ketones (excluding diaryl/α,β-unsaturated/α-hetero) is 1. The van der Waals surface area contributed by atoms with Crippen molar-refractivity contribution in [1.29, 1.82) is 0 Å². The first-order valence-corrected chi connectivity index (χ1v) is 5.87. The van der Waals surface area contributed by atoms with Gasteiger partial charge in [0.2, 0.25) is 0 Å². The third kappa shape index (κ3) is 3.41. The van der Waals surface area contributed by atoms with Crippen LogP contribution >= 0.6 is 0 Å². The van der Waals surface area contributed by atoms with Crippen LogP contribution in [0.25, 0.3) is 0 Å². The molecule has 14 heavy (non-hydrogen) atoms. The van der Waals surface area contributed by atoms with E-state index < -0.39 is 0 Å². The highest BCUT2D eigenvalue weighted by Crippen LogP contribution is 2.28. The minimum atomic E-state index is -0.116. The first kappa shape index (κ1) is 11.7. The molecule has 0 bridgehead atoms. The predicted octanol–water partition coefficient (Wildman–Crippen LogP) is 2.95. The molecule has 2 nitrogen and oxygen atoms in total. The fourth-order valence-electron chi connectivity index (χ4n) is 2.27. The molecule has 0 aromatic rings. The van der Waals surface area contributed by atoms with Gasteiger partial charge in [-0.3, -0.25) is 4.79 Å². The molecule has 0 heterocycles. The molecule has 1 atom stereocenters. The van der Waals surface area contributed by atoms with Crippen molar-refractivity contribution in [3.05, 3.63) is 0 Å². The first-order valence-electron chi connectivity index (χ1n) is 5.87. The zero-order chi connectivity index (χ0) is 10.4. The fourth-order valence-corrected chi connectivity index (χ4v) is 2.27. The van der Waals surface area contributed by atoms with Gasteiger partial charge in [-0.25, -0.2) is 0 Å². The molecule has 0 spiro atoms. The van der Waals surface area contributed by atoms with Crippen LogP contribution in [-0.2, 0) is 9.53 Å². The second kappa shape index (κ2) is 6.18. The molecular formula is C12H22O2. The SMILES string of the molecule is CCCOC(C(C)=O)C1CCCCC1. The molecule has 1 fully saturated rings. The highest BCUT2D eigenvalue weighted by molar-refractivity contribution is 5.80. The van der Waals surface area contributed by atoms with Crippen molar-refractivity contribution in [3.8, 4) is 0 Å². The number of hydrogen-bond donors (Lipinski definition) is 0. The largest absolute Gasteiger partial charge is 0.370 e. The van der Waals surface area contributed by atoms with E-state index in [4.69, 9.17) is 4.74 Å². The molecule has 0 N–H and O–H groups in total. The highest BCUT2D eigenvalue weighted by Gasteiger charge is 2.27. The highest BCUT2D eigenvalue weighted by atomic mass is 16.5. The van der Waals surface area contributed by atoms with Crippen LogP contribution < -0.4 is 0 Å². The van der Waals surface area contributed by atoms with Gasteiger partial charge in [0.05, 0.1) is 0 Å². The Bertz CT molecular complexity index is 171. The maximum absolute atomic E-state index is 11.4. The van der Waals surface area contributed by atoms with Crippen molar-refractivity contribution < 1.29 is 9.53 Å². The molecule has 1 saturated carbocycles. The van der Waals surface area contributed by atoms with Crippen LogP contribution in [0, 0.1) is 5.92 Å². The molecule has 1 unspecified atom stereocenters. The summed E-state index contributed by atoms with van der Waals surface area (Å²) in [6.07, 6.45) is 7.09. The van der Waals surface area contributed by atoms with Crippen LogP contribution in [0.2, 0.25) is 0 Å². The fraction of sp³-hybridized carbons (Fsp3) is 0.917. The number of ketones is 1. The third-order valence-corrected chi connectivity index (χ3v) is 2.98. The van der Waals surface area contributed by atoms with Gasteiger partial charge in [-0.15, -0.1) is 0 Å². The van der Waals surface area contributed by atoms with E-state index in [1.54, 1.807) is 6.92 Å². The summed E-state index contributed by atoms with van der Waals surface area (Å²) in [5, 5.41) is 0. The maximum atomic E-state index is 11.4. The second-order valence-corrected chi connectivity index (χ2v) is 4.30. The number of carbonyl (C=O) groups excluding carboxylic acids is 1. The van der Waals surface area contributed by atoms with Crippen LogP contribution in [0.5, 0.6) is 0 Å². The summed E-state index contributed by atoms with van der Waals surface area (Å²) in [6, 6.07) is 0. The zero-order valence-corrected chi connectivity index (χ0v) is 9.42. The summed E-state index contributed by atoms with van der Waals surface area (Å²) in [5.41, 5.74) is 0. The summed E-state index contributed by atoms with van der Waals surface area (Å²) in [5.74, 6) is 0.707. The average molecular weight is 198 g/mol. The smallest absolute Gasteiger partial charge is 0.158 e. The number of rotatable bonds is 5. The van der Waals surface area contributed by atoms with Gasteiger partial charge in [-0.2, -0.15) is 0 Å². The first-order chi connectivity index (χ1) is 6.75. The number of hydrogen-bond acceptors (Lipinski definition) is 2. The van der Waals surface area contributed by atoms with Crippen molar-refractivity contribution in [2.75, 3.05) is 6.61 Å². The van der Waals surface area contributed by atoms with Crippen molar-refractivity contribution in [2.24, 2.45) is 5.92 Å². The monoisotopic (exact) mass is 198 g/mol. The lowest BCUT2D eigenvalue weighted by molar-refractivity contribution is -0.132. The molecule has 1 aliphatic carbocycles. The van der Waals surface area contributed by atoms with Crippen LogP contribution in [-0.4, -0.2) is 18.5 Å². The van der Waals surface area contributed by atoms with Crippen LogP contribution in [0.15, 0.2) is 0 Å². The summed E-state index contributed by atoms with van der Waals surface area (Å²) in [6.45, 7) is 4.47. The minimum absolute atomic E-state index is 0.116. The Morgan fingerprint density at radius 2 is 2.00 bits per heavy atom. The van der Waals surface area contributed by atoms with Gasteiger partial charge in [0.25, 0.3) is 0 Å². The molecule has 1 rings (SSSR count). The Hall–Kier alpha value is -0.370. The Kier molecular flexibility index (Phi) is 5.16. The standard InChI is InChI=1S/C12H22O2/c1-3-9-14-12(10(2)13)11-7-5-4-6-8-11/h11-12H,3-9H2,1-2H3. The Morgan fingerprint density at radius 3 is 2.50 bits per heavy atom. The molecule has 1 aliphatic rings. The maximum Gasteiger partial charge on any atom is 0.158 e. The Morgan fingerprint density at radius 1 is 1.36 bits per heavy atom. The van der Waals surface area contributed by atoms with Gasteiger partial charge in [0, 0.05) is 6.61 Å². The van der Waals surface area contributed by atoms with Gasteiger partial charge in [0.1, 0.15) is 6.10 Å². The van der Waals surface area contributed by atoms with E-state index in [0.717, 1.165) is 13.0 Å². The molecule has 0 saturated heterocycles. The van der Waals surface area contributed by atoms with Gasteiger partial charge >= 0.3 is 0 Å². The molecule has 2 heteroatoms. The van der Waals surface area contributed by atoms with E-state index >= 15 is 0 Å². The lowest BCUT2D eigenvalue weighted by atomic mass is 9.84. The summed E-state index contributed by atoms with van der Waals surface area (Å²) >= 11 is 0. The molecule has 0 aromatic heterocycles. The third-order valence-electron chi connectivity index (χ3n) is 2.98. The normalized spacial score (nSPS) is 20.7. The Balaban J connectivity index is 2.43. The van der Waals surface area contributed by atoms with Crippen molar-refractivity contribution in [1.82, 2.24) is 0 Å². The van der Waals surface area contributed by atoms with E-state index in [9.17, 15) is 4.79 Å². The van der Waals surface area contributed by atoms with Crippen molar-refractivity contribution >= 4 is 5.78 Å². The molecular weight excluding hydrogens is 176 g/mol. The van der Waals surface area contributed by atoms with E-state index in [-0.39, 0.29) is 11.9 Å². The number of carbonyl (C=O) groups is 1. The van der Waals surface area contributed by atoms with E-state index in [0.29, 0.717) is 5.92 Å². The molecule has 0 radical (unpaired) electrons. The molecule has 0 aromatic carbocycles. The van der Waals surface area contributed by atoms with Gasteiger partial charge in [-0.1, -0.05) is 26.2 Å². The summed E-state index contributed by atoms with van der Waals surface area (Å²) in [4.78, 5) is 11.4. The second-order valence-electron chi connectivity index (χ2n) is 4.30. The van der Waals surface area contributed by atoms with Crippen LogP contribution in [0.1, 0.15) is 52.4 Å². The van der Waals surface area contributed by atoms with E-state index in [2.05, 4.69) is 6.92 Å². The van der Waals surface area contributed by atoms with Gasteiger partial charge in [0.15, 0.2) is 5.78 Å². The van der Waals surface area contributed by atoms with Crippen LogP contribution in [0.4, 0.5) is 0 Å². The zero-order valence-electron chi connectivity index (χ0n) is 9.42. The van der Waals surface area contributed by atoms with E-state index in [1.165, 1.54) is 32.1 Å².